The lowest BCUT2D eigenvalue weighted by molar-refractivity contribution is -0.137. The van der Waals surface area contributed by atoms with Crippen molar-refractivity contribution in [2.45, 2.75) is 20.0 Å². The van der Waals surface area contributed by atoms with Gasteiger partial charge in [0.05, 0.1) is 5.56 Å². The lowest BCUT2D eigenvalue weighted by Crippen LogP contribution is -2.26. The second kappa shape index (κ2) is 4.81. The molecule has 0 amide bonds. The van der Waals surface area contributed by atoms with Gasteiger partial charge in [0.25, 0.3) is 0 Å². The lowest BCUT2D eigenvalue weighted by Gasteiger charge is -2.25. The molecule has 1 rings (SSSR count). The van der Waals surface area contributed by atoms with E-state index in [9.17, 15) is 13.2 Å². The van der Waals surface area contributed by atoms with Crippen LogP contribution in [0.4, 0.5) is 18.9 Å². The number of alkyl halides is 3. The van der Waals surface area contributed by atoms with E-state index >= 15 is 0 Å². The molecular weight excluding hydrogens is 214 g/mol. The topological polar surface area (TPSA) is 3.24 Å². The fourth-order valence-electron chi connectivity index (χ4n) is 1.62. The van der Waals surface area contributed by atoms with Crippen LogP contribution in [-0.4, -0.2) is 20.9 Å². The van der Waals surface area contributed by atoms with E-state index in [-0.39, 0.29) is 11.2 Å². The molecule has 0 aliphatic rings. The van der Waals surface area contributed by atoms with Crippen LogP contribution in [0.3, 0.4) is 0 Å². The van der Waals surface area contributed by atoms with Gasteiger partial charge in [0.15, 0.2) is 0 Å². The second-order valence-corrected chi connectivity index (χ2v) is 3.45. The molecule has 0 fully saturated rings. The lowest BCUT2D eigenvalue weighted by atomic mass is 9.93. The molecule has 86 valence electrons. The molecule has 0 unspecified atom stereocenters. The van der Waals surface area contributed by atoms with Crippen molar-refractivity contribution in [1.82, 2.24) is 0 Å². The number of nitrogens with zero attached hydrogens (tertiary/aromatic N) is 1. The molecule has 0 spiro atoms. The van der Waals surface area contributed by atoms with Crippen molar-refractivity contribution in [1.29, 1.82) is 0 Å². The average Bonchev–Trinajstić information content (AvgIpc) is 2.20. The Bertz CT molecular complexity index is 359. The van der Waals surface area contributed by atoms with Crippen molar-refractivity contribution in [3.05, 3.63) is 23.8 Å². The predicted octanol–water partition coefficient (Wildman–Crippen LogP) is 2.35. The van der Waals surface area contributed by atoms with Crippen LogP contribution in [0.15, 0.2) is 18.2 Å². The highest BCUT2D eigenvalue weighted by atomic mass is 19.4. The molecule has 5 heteroatoms. The third-order valence-electron chi connectivity index (χ3n) is 2.43. The minimum atomic E-state index is -4.37. The summed E-state index contributed by atoms with van der Waals surface area (Å²) in [6.07, 6.45) is -4.37. The largest absolute Gasteiger partial charge is 0.418 e. The van der Waals surface area contributed by atoms with Gasteiger partial charge >= 0.3 is 6.18 Å². The third kappa shape index (κ3) is 2.71. The summed E-state index contributed by atoms with van der Waals surface area (Å²) in [5.41, 5.74) is -0.355. The number of hydrogen-bond donors (Lipinski definition) is 0. The van der Waals surface area contributed by atoms with Crippen LogP contribution < -0.4 is 10.4 Å². The van der Waals surface area contributed by atoms with Crippen LogP contribution in [0.1, 0.15) is 19.4 Å². The number of benzene rings is 1. The summed E-state index contributed by atoms with van der Waals surface area (Å²) >= 11 is 0. The van der Waals surface area contributed by atoms with Gasteiger partial charge in [0.2, 0.25) is 0 Å². The molecule has 0 aliphatic carbocycles. The van der Waals surface area contributed by atoms with Gasteiger partial charge < -0.3 is 4.90 Å². The molecule has 0 aromatic heterocycles. The molecule has 0 heterocycles. The smallest absolute Gasteiger partial charge is 0.372 e. The maximum Gasteiger partial charge on any atom is 0.418 e. The van der Waals surface area contributed by atoms with Crippen molar-refractivity contribution < 1.29 is 13.2 Å². The summed E-state index contributed by atoms with van der Waals surface area (Å²) in [7, 11) is 5.39. The Kier molecular flexibility index (Phi) is 3.89. The van der Waals surface area contributed by atoms with Crippen molar-refractivity contribution in [2.75, 3.05) is 18.0 Å². The Labute approximate surface area is 94.7 Å². The summed E-state index contributed by atoms with van der Waals surface area (Å²) in [5.74, 6) is 0. The Balaban J connectivity index is 3.27. The summed E-state index contributed by atoms with van der Waals surface area (Å²) < 4.78 is 38.3. The van der Waals surface area contributed by atoms with Crippen LogP contribution in [-0.2, 0) is 6.18 Å². The number of anilines is 1. The summed E-state index contributed by atoms with van der Waals surface area (Å²) in [4.78, 5) is 1.66. The summed E-state index contributed by atoms with van der Waals surface area (Å²) in [6, 6.07) is 3.89. The van der Waals surface area contributed by atoms with E-state index in [2.05, 4.69) is 0 Å². The number of rotatable bonds is 3. The van der Waals surface area contributed by atoms with E-state index in [1.807, 2.05) is 13.8 Å². The van der Waals surface area contributed by atoms with Crippen molar-refractivity contribution in [2.24, 2.45) is 0 Å². The highest BCUT2D eigenvalue weighted by molar-refractivity contribution is 6.32. The van der Waals surface area contributed by atoms with Gasteiger partial charge in [-0.05, 0) is 19.9 Å². The first-order chi connectivity index (χ1) is 7.40. The SMILES string of the molecule is [B]c1ccc(N(CC)CC)c(C(F)(F)F)c1. The van der Waals surface area contributed by atoms with Crippen molar-refractivity contribution >= 4 is 19.0 Å². The molecule has 0 atom stereocenters. The molecule has 16 heavy (non-hydrogen) atoms. The third-order valence-corrected chi connectivity index (χ3v) is 2.43. The Hall–Kier alpha value is -1.13. The second-order valence-electron chi connectivity index (χ2n) is 3.45. The van der Waals surface area contributed by atoms with E-state index in [1.165, 1.54) is 12.1 Å². The zero-order valence-corrected chi connectivity index (χ0v) is 9.30. The highest BCUT2D eigenvalue weighted by Gasteiger charge is 2.34. The first kappa shape index (κ1) is 12.9. The standard InChI is InChI=1S/C11H13BF3N/c1-3-16(4-2)10-6-5-8(12)7-9(10)11(13,14)15/h5-7H,3-4H2,1-2H3. The average molecular weight is 227 g/mol. The fourth-order valence-corrected chi connectivity index (χ4v) is 1.62. The van der Waals surface area contributed by atoms with Gasteiger partial charge in [-0.2, -0.15) is 13.2 Å². The molecule has 0 N–H and O–H groups in total. The number of halogens is 3. The van der Waals surface area contributed by atoms with Gasteiger partial charge in [0, 0.05) is 18.8 Å². The van der Waals surface area contributed by atoms with Gasteiger partial charge in [-0.25, -0.2) is 0 Å². The van der Waals surface area contributed by atoms with E-state index < -0.39 is 11.7 Å². The fraction of sp³-hybridized carbons (Fsp3) is 0.455. The highest BCUT2D eigenvalue weighted by Crippen LogP contribution is 2.35. The Morgan fingerprint density at radius 2 is 1.75 bits per heavy atom. The molecular formula is C11H13BF3N. The molecule has 0 saturated carbocycles. The molecule has 1 aromatic carbocycles. The van der Waals surface area contributed by atoms with E-state index in [0.717, 1.165) is 6.07 Å². The normalized spacial score (nSPS) is 11.6. The van der Waals surface area contributed by atoms with Crippen LogP contribution in [0.25, 0.3) is 0 Å². The van der Waals surface area contributed by atoms with Gasteiger partial charge in [-0.1, -0.05) is 17.6 Å². The van der Waals surface area contributed by atoms with Crippen molar-refractivity contribution in [3.63, 3.8) is 0 Å². The molecule has 2 radical (unpaired) electrons. The van der Waals surface area contributed by atoms with E-state index in [1.54, 1.807) is 4.90 Å². The number of hydrogen-bond acceptors (Lipinski definition) is 1. The maximum absolute atomic E-state index is 12.8. The monoisotopic (exact) mass is 227 g/mol. The minimum Gasteiger partial charge on any atom is -0.372 e. The molecule has 0 bridgehead atoms. The predicted molar refractivity (Wildman–Crippen MR) is 60.4 cm³/mol. The zero-order chi connectivity index (χ0) is 12.3. The van der Waals surface area contributed by atoms with E-state index in [0.29, 0.717) is 13.1 Å². The van der Waals surface area contributed by atoms with Crippen LogP contribution in [0, 0.1) is 0 Å². The van der Waals surface area contributed by atoms with Gasteiger partial charge in [0.1, 0.15) is 7.85 Å². The summed E-state index contributed by atoms with van der Waals surface area (Å²) in [6.45, 7) is 4.70. The van der Waals surface area contributed by atoms with Crippen LogP contribution in [0.2, 0.25) is 0 Å². The zero-order valence-electron chi connectivity index (χ0n) is 9.30. The Morgan fingerprint density at radius 1 is 1.19 bits per heavy atom. The molecule has 1 nitrogen and oxygen atoms in total. The van der Waals surface area contributed by atoms with Crippen LogP contribution >= 0.6 is 0 Å². The molecule has 0 saturated heterocycles. The van der Waals surface area contributed by atoms with Gasteiger partial charge in [-0.15, -0.1) is 0 Å². The summed E-state index contributed by atoms with van der Waals surface area (Å²) in [5, 5.41) is 0. The maximum atomic E-state index is 12.8. The Morgan fingerprint density at radius 3 is 2.19 bits per heavy atom. The minimum absolute atomic E-state index is 0.128. The van der Waals surface area contributed by atoms with E-state index in [4.69, 9.17) is 7.85 Å². The molecule has 1 aromatic rings. The van der Waals surface area contributed by atoms with Crippen LogP contribution in [0.5, 0.6) is 0 Å². The van der Waals surface area contributed by atoms with Crippen molar-refractivity contribution in [3.8, 4) is 0 Å². The quantitative estimate of drug-likeness (QED) is 0.716. The van der Waals surface area contributed by atoms with Gasteiger partial charge in [-0.3, -0.25) is 0 Å². The first-order valence-electron chi connectivity index (χ1n) is 5.11. The first-order valence-corrected chi connectivity index (χ1v) is 5.11. The molecule has 0 aliphatic heterocycles.